The summed E-state index contributed by atoms with van der Waals surface area (Å²) in [6, 6.07) is -0.655. The number of hydrogen-bond acceptors (Lipinski definition) is 4. The Morgan fingerprint density at radius 2 is 1.94 bits per heavy atom. The van der Waals surface area contributed by atoms with Gasteiger partial charge in [0.15, 0.2) is 0 Å². The molecule has 1 atom stereocenters. The molecule has 0 radical (unpaired) electrons. The molecule has 1 amide bonds. The summed E-state index contributed by atoms with van der Waals surface area (Å²) in [5, 5.41) is 2.51. The summed E-state index contributed by atoms with van der Waals surface area (Å²) in [5.74, 6) is -0.413. The molecule has 0 saturated heterocycles. The van der Waals surface area contributed by atoms with Gasteiger partial charge in [-0.15, -0.1) is 0 Å². The summed E-state index contributed by atoms with van der Waals surface area (Å²) < 4.78 is 10.6. The number of esters is 1. The van der Waals surface area contributed by atoms with Gasteiger partial charge in [-0.25, -0.2) is 9.59 Å². The van der Waals surface area contributed by atoms with Crippen LogP contribution in [0.25, 0.3) is 0 Å². The highest BCUT2D eigenvalue weighted by atomic mass is 127. The van der Waals surface area contributed by atoms with Crippen molar-refractivity contribution >= 4 is 34.7 Å². The fraction of sp³-hybridized carbons (Fsp3) is 0.833. The number of nitrogens with one attached hydrogen (secondary N) is 1. The third-order valence-corrected chi connectivity index (χ3v) is 2.75. The van der Waals surface area contributed by atoms with E-state index in [0.717, 1.165) is 12.8 Å². The Hall–Kier alpha value is -0.530. The number of carbonyl (C=O) groups is 2. The van der Waals surface area contributed by atoms with Crippen LogP contribution < -0.4 is 5.32 Å². The average molecular weight is 371 g/mol. The largest absolute Gasteiger partial charge is 0.464 e. The summed E-state index contributed by atoms with van der Waals surface area (Å²) >= 11 is 2.03. The van der Waals surface area contributed by atoms with Gasteiger partial charge < -0.3 is 14.8 Å². The Morgan fingerprint density at radius 1 is 1.33 bits per heavy atom. The van der Waals surface area contributed by atoms with Crippen LogP contribution in [-0.2, 0) is 14.3 Å². The van der Waals surface area contributed by atoms with Crippen LogP contribution in [-0.4, -0.2) is 34.7 Å². The van der Waals surface area contributed by atoms with Crippen LogP contribution in [0.3, 0.4) is 0 Å². The molecule has 0 rings (SSSR count). The Kier molecular flexibility index (Phi) is 8.30. The number of carbonyl (C=O) groups excluding carboxylic acids is 2. The maximum atomic E-state index is 11.7. The second kappa shape index (κ2) is 8.55. The van der Waals surface area contributed by atoms with Crippen LogP contribution in [0.5, 0.6) is 0 Å². The molecule has 5 nitrogen and oxygen atoms in total. The summed E-state index contributed by atoms with van der Waals surface area (Å²) in [4.78, 5) is 23.2. The number of amides is 1. The first-order chi connectivity index (χ1) is 8.30. The van der Waals surface area contributed by atoms with E-state index in [9.17, 15) is 9.59 Å². The highest BCUT2D eigenvalue weighted by molar-refractivity contribution is 14.1. The Bertz CT molecular complexity index is 276. The minimum Gasteiger partial charge on any atom is -0.464 e. The lowest BCUT2D eigenvalue weighted by Gasteiger charge is -2.22. The zero-order valence-corrected chi connectivity index (χ0v) is 13.6. The second-order valence-corrected chi connectivity index (χ2v) is 5.75. The molecule has 0 aliphatic carbocycles. The van der Waals surface area contributed by atoms with Crippen molar-refractivity contribution in [2.75, 3.05) is 11.0 Å². The minimum atomic E-state index is -0.655. The number of alkyl carbamates (subject to hydrolysis) is 1. The van der Waals surface area contributed by atoms with Crippen molar-refractivity contribution in [1.82, 2.24) is 5.32 Å². The summed E-state index contributed by atoms with van der Waals surface area (Å²) in [5.41, 5.74) is -0.577. The van der Waals surface area contributed by atoms with Crippen molar-refractivity contribution in [3.63, 3.8) is 0 Å². The molecule has 0 aromatic carbocycles. The molecule has 18 heavy (non-hydrogen) atoms. The predicted molar refractivity (Wildman–Crippen MR) is 77.9 cm³/mol. The van der Waals surface area contributed by atoms with Gasteiger partial charge in [0.2, 0.25) is 0 Å². The lowest BCUT2D eigenvalue weighted by Crippen LogP contribution is -2.45. The van der Waals surface area contributed by atoms with Crippen molar-refractivity contribution in [1.29, 1.82) is 0 Å². The van der Waals surface area contributed by atoms with Gasteiger partial charge in [-0.1, -0.05) is 35.9 Å². The topological polar surface area (TPSA) is 64.6 Å². The standard InChI is InChI=1S/C12H22INO4/c1-5-6-7-17-10(15)9(8-13)14-11(16)18-12(2,3)4/h9H,5-8H2,1-4H3,(H,14,16)/t9-/m0/s1. The number of hydrogen-bond donors (Lipinski definition) is 1. The van der Waals surface area contributed by atoms with Gasteiger partial charge in [-0.2, -0.15) is 0 Å². The molecule has 0 heterocycles. The van der Waals surface area contributed by atoms with E-state index in [4.69, 9.17) is 9.47 Å². The van der Waals surface area contributed by atoms with Crippen LogP contribution in [0.1, 0.15) is 40.5 Å². The van der Waals surface area contributed by atoms with Gasteiger partial charge in [0, 0.05) is 4.43 Å². The molecular formula is C12H22INO4. The van der Waals surface area contributed by atoms with Crippen molar-refractivity contribution < 1.29 is 19.1 Å². The van der Waals surface area contributed by atoms with E-state index in [0.29, 0.717) is 11.0 Å². The molecule has 106 valence electrons. The molecule has 6 heteroatoms. The van der Waals surface area contributed by atoms with Crippen molar-refractivity contribution in [2.45, 2.75) is 52.2 Å². The molecule has 0 aromatic rings. The predicted octanol–water partition coefficient (Wildman–Crippen LogP) is 2.66. The van der Waals surface area contributed by atoms with E-state index in [1.54, 1.807) is 20.8 Å². The molecular weight excluding hydrogens is 349 g/mol. The second-order valence-electron chi connectivity index (χ2n) is 4.87. The number of rotatable bonds is 6. The third-order valence-electron chi connectivity index (χ3n) is 1.87. The average Bonchev–Trinajstić information content (AvgIpc) is 2.23. The maximum absolute atomic E-state index is 11.7. The zero-order valence-electron chi connectivity index (χ0n) is 11.4. The van der Waals surface area contributed by atoms with E-state index < -0.39 is 23.7 Å². The number of alkyl halides is 1. The van der Waals surface area contributed by atoms with E-state index in [1.165, 1.54) is 0 Å². The Balaban J connectivity index is 4.17. The van der Waals surface area contributed by atoms with Gasteiger partial charge in [0.25, 0.3) is 0 Å². The number of halogens is 1. The monoisotopic (exact) mass is 371 g/mol. The first-order valence-corrected chi connectivity index (χ1v) is 7.54. The fourth-order valence-electron chi connectivity index (χ4n) is 1.03. The van der Waals surface area contributed by atoms with E-state index >= 15 is 0 Å². The van der Waals surface area contributed by atoms with Crippen LogP contribution in [0.4, 0.5) is 4.79 Å². The first-order valence-electron chi connectivity index (χ1n) is 6.02. The van der Waals surface area contributed by atoms with Crippen molar-refractivity contribution in [2.24, 2.45) is 0 Å². The molecule has 0 spiro atoms. The lowest BCUT2D eigenvalue weighted by molar-refractivity contribution is -0.145. The van der Waals surface area contributed by atoms with Gasteiger partial charge >= 0.3 is 12.1 Å². The van der Waals surface area contributed by atoms with E-state index in [2.05, 4.69) is 5.32 Å². The highest BCUT2D eigenvalue weighted by Crippen LogP contribution is 2.07. The molecule has 0 bridgehead atoms. The molecule has 0 unspecified atom stereocenters. The van der Waals surface area contributed by atoms with Gasteiger partial charge in [0.1, 0.15) is 11.6 Å². The van der Waals surface area contributed by atoms with E-state index in [1.807, 2.05) is 29.5 Å². The number of ether oxygens (including phenoxy) is 2. The quantitative estimate of drug-likeness (QED) is 0.338. The highest BCUT2D eigenvalue weighted by Gasteiger charge is 2.24. The third kappa shape index (κ3) is 8.54. The van der Waals surface area contributed by atoms with Crippen LogP contribution in [0.2, 0.25) is 0 Å². The Labute approximate surface area is 122 Å². The van der Waals surface area contributed by atoms with Gasteiger partial charge in [-0.3, -0.25) is 0 Å². The molecule has 1 N–H and O–H groups in total. The summed E-state index contributed by atoms with van der Waals surface area (Å²) in [6.45, 7) is 7.71. The van der Waals surface area contributed by atoms with Crippen LogP contribution in [0, 0.1) is 0 Å². The van der Waals surface area contributed by atoms with Gasteiger partial charge in [0.05, 0.1) is 6.61 Å². The molecule has 0 aromatic heterocycles. The van der Waals surface area contributed by atoms with Crippen molar-refractivity contribution in [3.8, 4) is 0 Å². The van der Waals surface area contributed by atoms with Crippen LogP contribution >= 0.6 is 22.6 Å². The smallest absolute Gasteiger partial charge is 0.408 e. The molecule has 0 saturated carbocycles. The normalized spacial score (nSPS) is 12.7. The van der Waals surface area contributed by atoms with Crippen molar-refractivity contribution in [3.05, 3.63) is 0 Å². The first kappa shape index (κ1) is 17.5. The summed E-state index contributed by atoms with van der Waals surface area (Å²) in [7, 11) is 0. The number of unbranched alkanes of at least 4 members (excludes halogenated alkanes) is 1. The fourth-order valence-corrected chi connectivity index (χ4v) is 1.61. The molecule has 0 aliphatic rings. The SMILES string of the molecule is CCCCOC(=O)[C@H](CI)NC(=O)OC(C)(C)C. The summed E-state index contributed by atoms with van der Waals surface area (Å²) in [6.07, 6.45) is 1.19. The lowest BCUT2D eigenvalue weighted by atomic mass is 10.2. The maximum Gasteiger partial charge on any atom is 0.408 e. The minimum absolute atomic E-state index is 0.387. The van der Waals surface area contributed by atoms with Crippen LogP contribution in [0.15, 0.2) is 0 Å². The molecule has 0 aliphatic heterocycles. The molecule has 0 fully saturated rings. The van der Waals surface area contributed by atoms with Gasteiger partial charge in [-0.05, 0) is 27.2 Å². The zero-order chi connectivity index (χ0) is 14.2. The van der Waals surface area contributed by atoms with E-state index in [-0.39, 0.29) is 0 Å². The Morgan fingerprint density at radius 3 is 2.39 bits per heavy atom.